The zero-order valence-electron chi connectivity index (χ0n) is 11.3. The molecule has 1 aromatic heterocycles. The van der Waals surface area contributed by atoms with Gasteiger partial charge in [-0.2, -0.15) is 0 Å². The molecule has 0 amide bonds. The van der Waals surface area contributed by atoms with E-state index in [2.05, 4.69) is 25.3 Å². The SMILES string of the molecule is CCNc1ncnc(NC(C)C(=O)OC)c1CC. The highest BCUT2D eigenvalue weighted by Gasteiger charge is 2.16. The number of anilines is 2. The summed E-state index contributed by atoms with van der Waals surface area (Å²) in [6.45, 7) is 6.55. The first-order chi connectivity index (χ1) is 8.63. The minimum Gasteiger partial charge on any atom is -0.467 e. The number of nitrogens with zero attached hydrogens (tertiary/aromatic N) is 2. The zero-order chi connectivity index (χ0) is 13.5. The Balaban J connectivity index is 2.94. The van der Waals surface area contributed by atoms with Crippen LogP contribution in [0.15, 0.2) is 6.33 Å². The van der Waals surface area contributed by atoms with Gasteiger partial charge in [0.2, 0.25) is 0 Å². The monoisotopic (exact) mass is 252 g/mol. The molecule has 1 atom stereocenters. The maximum atomic E-state index is 11.4. The summed E-state index contributed by atoms with van der Waals surface area (Å²) in [5.41, 5.74) is 0.968. The lowest BCUT2D eigenvalue weighted by molar-refractivity contribution is -0.141. The first-order valence-electron chi connectivity index (χ1n) is 6.06. The summed E-state index contributed by atoms with van der Waals surface area (Å²) < 4.78 is 4.67. The summed E-state index contributed by atoms with van der Waals surface area (Å²) in [7, 11) is 1.37. The third-order valence-electron chi connectivity index (χ3n) is 2.55. The normalized spacial score (nSPS) is 11.8. The van der Waals surface area contributed by atoms with Gasteiger partial charge in [-0.05, 0) is 20.3 Å². The molecule has 1 aromatic rings. The third-order valence-corrected chi connectivity index (χ3v) is 2.55. The summed E-state index contributed by atoms with van der Waals surface area (Å²) >= 11 is 0. The largest absolute Gasteiger partial charge is 0.467 e. The number of aromatic nitrogens is 2. The van der Waals surface area contributed by atoms with Gasteiger partial charge in [-0.25, -0.2) is 14.8 Å². The molecule has 6 nitrogen and oxygen atoms in total. The second-order valence-electron chi connectivity index (χ2n) is 3.82. The van der Waals surface area contributed by atoms with Crippen LogP contribution in [-0.2, 0) is 16.0 Å². The van der Waals surface area contributed by atoms with Crippen molar-refractivity contribution in [1.29, 1.82) is 0 Å². The first kappa shape index (κ1) is 14.2. The van der Waals surface area contributed by atoms with Crippen LogP contribution in [0.5, 0.6) is 0 Å². The van der Waals surface area contributed by atoms with Crippen LogP contribution >= 0.6 is 0 Å². The molecular weight excluding hydrogens is 232 g/mol. The highest BCUT2D eigenvalue weighted by molar-refractivity contribution is 5.79. The number of nitrogens with one attached hydrogen (secondary N) is 2. The predicted octanol–water partition coefficient (Wildman–Crippen LogP) is 1.44. The van der Waals surface area contributed by atoms with Gasteiger partial charge in [-0.15, -0.1) is 0 Å². The molecule has 1 unspecified atom stereocenters. The van der Waals surface area contributed by atoms with Crippen LogP contribution < -0.4 is 10.6 Å². The molecule has 0 spiro atoms. The molecular formula is C12H20N4O2. The van der Waals surface area contributed by atoms with Crippen LogP contribution in [-0.4, -0.2) is 35.6 Å². The van der Waals surface area contributed by atoms with E-state index in [-0.39, 0.29) is 5.97 Å². The molecule has 0 saturated heterocycles. The van der Waals surface area contributed by atoms with Crippen LogP contribution in [0.1, 0.15) is 26.3 Å². The second kappa shape index (κ2) is 6.78. The molecule has 0 aliphatic rings. The van der Waals surface area contributed by atoms with Crippen molar-refractivity contribution in [2.24, 2.45) is 0 Å². The van der Waals surface area contributed by atoms with E-state index in [1.165, 1.54) is 13.4 Å². The average molecular weight is 252 g/mol. The van der Waals surface area contributed by atoms with Crippen molar-refractivity contribution in [2.75, 3.05) is 24.3 Å². The van der Waals surface area contributed by atoms with Crippen LogP contribution in [0.25, 0.3) is 0 Å². The van der Waals surface area contributed by atoms with Crippen LogP contribution in [0.4, 0.5) is 11.6 Å². The molecule has 0 aromatic carbocycles. The van der Waals surface area contributed by atoms with Gasteiger partial charge < -0.3 is 15.4 Å². The summed E-state index contributed by atoms with van der Waals surface area (Å²) in [6, 6.07) is -0.440. The molecule has 0 aliphatic carbocycles. The zero-order valence-corrected chi connectivity index (χ0v) is 11.3. The van der Waals surface area contributed by atoms with Crippen molar-refractivity contribution in [3.05, 3.63) is 11.9 Å². The molecule has 6 heteroatoms. The number of methoxy groups -OCH3 is 1. The Morgan fingerprint density at radius 1 is 1.39 bits per heavy atom. The lowest BCUT2D eigenvalue weighted by atomic mass is 10.2. The van der Waals surface area contributed by atoms with Gasteiger partial charge in [0, 0.05) is 12.1 Å². The molecule has 0 fully saturated rings. The molecule has 0 saturated carbocycles. The van der Waals surface area contributed by atoms with Crippen molar-refractivity contribution >= 4 is 17.6 Å². The maximum absolute atomic E-state index is 11.4. The van der Waals surface area contributed by atoms with Crippen LogP contribution in [0.3, 0.4) is 0 Å². The Hall–Kier alpha value is -1.85. The molecule has 0 radical (unpaired) electrons. The van der Waals surface area contributed by atoms with E-state index in [4.69, 9.17) is 0 Å². The van der Waals surface area contributed by atoms with E-state index in [9.17, 15) is 4.79 Å². The highest BCUT2D eigenvalue weighted by atomic mass is 16.5. The summed E-state index contributed by atoms with van der Waals surface area (Å²) in [5, 5.41) is 6.22. The van der Waals surface area contributed by atoms with Gasteiger partial charge in [0.25, 0.3) is 0 Å². The van der Waals surface area contributed by atoms with Crippen molar-refractivity contribution in [3.63, 3.8) is 0 Å². The fourth-order valence-electron chi connectivity index (χ4n) is 1.63. The first-order valence-corrected chi connectivity index (χ1v) is 6.06. The number of hydrogen-bond donors (Lipinski definition) is 2. The fourth-order valence-corrected chi connectivity index (χ4v) is 1.63. The van der Waals surface area contributed by atoms with Crippen molar-refractivity contribution in [1.82, 2.24) is 9.97 Å². The number of carbonyl (C=O) groups excluding carboxylic acids is 1. The smallest absolute Gasteiger partial charge is 0.328 e. The Labute approximate surface area is 107 Å². The van der Waals surface area contributed by atoms with Crippen LogP contribution in [0, 0.1) is 0 Å². The summed E-state index contributed by atoms with van der Waals surface area (Å²) in [5.74, 6) is 1.15. The highest BCUT2D eigenvalue weighted by Crippen LogP contribution is 2.20. The summed E-state index contributed by atoms with van der Waals surface area (Å²) in [6.07, 6.45) is 2.25. The Kier molecular flexibility index (Phi) is 5.35. The van der Waals surface area contributed by atoms with Crippen molar-refractivity contribution < 1.29 is 9.53 Å². The topological polar surface area (TPSA) is 76.1 Å². The van der Waals surface area contributed by atoms with Gasteiger partial charge in [-0.1, -0.05) is 6.92 Å². The quantitative estimate of drug-likeness (QED) is 0.746. The van der Waals surface area contributed by atoms with Gasteiger partial charge >= 0.3 is 5.97 Å². The Morgan fingerprint density at radius 2 is 2.06 bits per heavy atom. The molecule has 100 valence electrons. The molecule has 1 rings (SSSR count). The molecule has 18 heavy (non-hydrogen) atoms. The lowest BCUT2D eigenvalue weighted by Gasteiger charge is -2.16. The molecule has 0 bridgehead atoms. The van der Waals surface area contributed by atoms with Crippen LogP contribution in [0.2, 0.25) is 0 Å². The molecule has 2 N–H and O–H groups in total. The van der Waals surface area contributed by atoms with E-state index < -0.39 is 6.04 Å². The van der Waals surface area contributed by atoms with Gasteiger partial charge in [-0.3, -0.25) is 0 Å². The third kappa shape index (κ3) is 3.32. The number of hydrogen-bond acceptors (Lipinski definition) is 6. The predicted molar refractivity (Wildman–Crippen MR) is 70.7 cm³/mol. The van der Waals surface area contributed by atoms with Gasteiger partial charge in [0.15, 0.2) is 0 Å². The molecule has 0 aliphatic heterocycles. The lowest BCUT2D eigenvalue weighted by Crippen LogP contribution is -2.28. The second-order valence-corrected chi connectivity index (χ2v) is 3.82. The Morgan fingerprint density at radius 3 is 2.61 bits per heavy atom. The van der Waals surface area contributed by atoms with E-state index >= 15 is 0 Å². The van der Waals surface area contributed by atoms with Crippen molar-refractivity contribution in [3.8, 4) is 0 Å². The van der Waals surface area contributed by atoms with E-state index in [0.717, 1.165) is 24.3 Å². The van der Waals surface area contributed by atoms with Crippen molar-refractivity contribution in [2.45, 2.75) is 33.2 Å². The molecule has 1 heterocycles. The van der Waals surface area contributed by atoms with E-state index in [0.29, 0.717) is 5.82 Å². The van der Waals surface area contributed by atoms with E-state index in [1.54, 1.807) is 6.92 Å². The van der Waals surface area contributed by atoms with Gasteiger partial charge in [0.05, 0.1) is 7.11 Å². The minimum absolute atomic E-state index is 0.319. The minimum atomic E-state index is -0.440. The Bertz CT molecular complexity index is 409. The summed E-state index contributed by atoms with van der Waals surface area (Å²) in [4.78, 5) is 19.8. The number of ether oxygens (including phenoxy) is 1. The van der Waals surface area contributed by atoms with E-state index in [1.807, 2.05) is 13.8 Å². The number of carbonyl (C=O) groups is 1. The number of rotatable bonds is 6. The van der Waals surface area contributed by atoms with Gasteiger partial charge in [0.1, 0.15) is 24.0 Å². The number of esters is 1. The maximum Gasteiger partial charge on any atom is 0.328 e. The fraction of sp³-hybridized carbons (Fsp3) is 0.583. The average Bonchev–Trinajstić information content (AvgIpc) is 2.38. The standard InChI is InChI=1S/C12H20N4O2/c1-5-9-10(13-6-2)14-7-15-11(9)16-8(3)12(17)18-4/h7-8H,5-6H2,1-4H3,(H2,13,14,15,16).